The summed E-state index contributed by atoms with van der Waals surface area (Å²) < 4.78 is 4.58. The molecule has 0 aromatic heterocycles. The average molecular weight is 334 g/mol. The second-order valence-corrected chi connectivity index (χ2v) is 6.33. The van der Waals surface area contributed by atoms with Crippen molar-refractivity contribution >= 4 is 12.0 Å². The predicted octanol–water partition coefficient (Wildman–Crippen LogP) is 3.75. The Balaban J connectivity index is 0.000000342. The zero-order chi connectivity index (χ0) is 18.4. The summed E-state index contributed by atoms with van der Waals surface area (Å²) >= 11 is 0. The van der Waals surface area contributed by atoms with E-state index in [1.165, 1.54) is 0 Å². The summed E-state index contributed by atoms with van der Waals surface area (Å²) in [5, 5.41) is 0. The van der Waals surface area contributed by atoms with Gasteiger partial charge in [-0.2, -0.15) is 0 Å². The molecule has 1 heterocycles. The Morgan fingerprint density at radius 1 is 1.08 bits per heavy atom. The first-order chi connectivity index (χ1) is 11.2. The van der Waals surface area contributed by atoms with Crippen LogP contribution in [0.2, 0.25) is 0 Å². The topological polar surface area (TPSA) is 72.6 Å². The van der Waals surface area contributed by atoms with Gasteiger partial charge in [0.15, 0.2) is 0 Å². The number of likely N-dealkylation sites (N-methyl/N-ethyl adjacent to an activating group) is 1. The fourth-order valence-corrected chi connectivity index (χ4v) is 1.70. The molecule has 2 amide bonds. The molecule has 5 heteroatoms. The molecule has 5 nitrogen and oxygen atoms in total. The van der Waals surface area contributed by atoms with E-state index in [1.807, 2.05) is 43.4 Å². The van der Waals surface area contributed by atoms with E-state index in [2.05, 4.69) is 16.9 Å². The van der Waals surface area contributed by atoms with Crippen LogP contribution in [-0.2, 0) is 9.53 Å². The number of nitrogens with two attached hydrogens (primary N) is 1. The number of allylic oxidation sites excluding steroid dienone is 1. The van der Waals surface area contributed by atoms with Crippen molar-refractivity contribution < 1.29 is 14.3 Å². The molecule has 0 spiro atoms. The third kappa shape index (κ3) is 14.6. The van der Waals surface area contributed by atoms with E-state index < -0.39 is 11.7 Å². The molecule has 1 aliphatic rings. The fourth-order valence-electron chi connectivity index (χ4n) is 1.70. The van der Waals surface area contributed by atoms with Crippen molar-refractivity contribution in [3.63, 3.8) is 0 Å². The smallest absolute Gasteiger partial charge is 0.405 e. The molecule has 0 saturated carbocycles. The molecular weight excluding hydrogens is 304 g/mol. The summed E-state index contributed by atoms with van der Waals surface area (Å²) in [5.41, 5.74) is 4.26. The van der Waals surface area contributed by atoms with E-state index in [0.717, 1.165) is 19.4 Å². The van der Waals surface area contributed by atoms with Gasteiger partial charge in [-0.05, 0) is 33.6 Å². The highest BCUT2D eigenvalue weighted by molar-refractivity contribution is 5.76. The lowest BCUT2D eigenvalue weighted by atomic mass is 10.2. The van der Waals surface area contributed by atoms with Crippen LogP contribution in [0.5, 0.6) is 0 Å². The molecule has 24 heavy (non-hydrogen) atoms. The van der Waals surface area contributed by atoms with E-state index in [-0.39, 0.29) is 5.91 Å². The highest BCUT2D eigenvalue weighted by Gasteiger charge is 2.12. The Hall–Kier alpha value is -2.30. The summed E-state index contributed by atoms with van der Waals surface area (Å²) in [7, 11) is 1.85. The summed E-state index contributed by atoms with van der Waals surface area (Å²) in [6, 6.07) is 12.0. The second-order valence-electron chi connectivity index (χ2n) is 6.33. The summed E-state index contributed by atoms with van der Waals surface area (Å²) in [4.78, 5) is 22.8. The van der Waals surface area contributed by atoms with Gasteiger partial charge in [-0.15, -0.1) is 0 Å². The first kappa shape index (κ1) is 21.7. The van der Waals surface area contributed by atoms with Crippen molar-refractivity contribution in [1.29, 1.82) is 0 Å². The summed E-state index contributed by atoms with van der Waals surface area (Å²) in [6.45, 7) is 6.06. The van der Waals surface area contributed by atoms with Gasteiger partial charge in [-0.3, -0.25) is 4.79 Å². The van der Waals surface area contributed by atoms with E-state index in [1.54, 1.807) is 25.7 Å². The number of nitrogens with zero attached hydrogens (tertiary/aromatic N) is 1. The van der Waals surface area contributed by atoms with Crippen LogP contribution in [0.1, 0.15) is 40.0 Å². The lowest BCUT2D eigenvalue weighted by molar-refractivity contribution is -0.129. The van der Waals surface area contributed by atoms with Gasteiger partial charge in [-0.1, -0.05) is 48.6 Å². The number of benzene rings is 1. The summed E-state index contributed by atoms with van der Waals surface area (Å²) in [6.07, 6.45) is 6.23. The Kier molecular flexibility index (Phi) is 11.0. The van der Waals surface area contributed by atoms with Crippen molar-refractivity contribution in [2.75, 3.05) is 13.6 Å². The Bertz CT molecular complexity index is 466. The molecule has 0 bridgehead atoms. The highest BCUT2D eigenvalue weighted by Crippen LogP contribution is 2.05. The van der Waals surface area contributed by atoms with E-state index in [0.29, 0.717) is 6.42 Å². The molecule has 0 unspecified atom stereocenters. The quantitative estimate of drug-likeness (QED) is 0.734. The van der Waals surface area contributed by atoms with Gasteiger partial charge >= 0.3 is 6.09 Å². The van der Waals surface area contributed by atoms with Crippen molar-refractivity contribution in [1.82, 2.24) is 4.90 Å². The maximum absolute atomic E-state index is 11.1. The maximum Gasteiger partial charge on any atom is 0.405 e. The maximum atomic E-state index is 11.1. The van der Waals surface area contributed by atoms with Gasteiger partial charge in [-0.25, -0.2) is 4.79 Å². The first-order valence-electron chi connectivity index (χ1n) is 8.10. The van der Waals surface area contributed by atoms with E-state index >= 15 is 0 Å². The highest BCUT2D eigenvalue weighted by atomic mass is 16.6. The SMILES string of the molecule is CC(C)(C)OC(N)=O.CN1C/C=C\CCCC1=O.c1ccccc1. The molecule has 0 aliphatic carbocycles. The second kappa shape index (κ2) is 12.2. The normalized spacial score (nSPS) is 15.5. The molecule has 2 rings (SSSR count). The minimum Gasteiger partial charge on any atom is -0.444 e. The Morgan fingerprint density at radius 2 is 1.58 bits per heavy atom. The van der Waals surface area contributed by atoms with Crippen molar-refractivity contribution in [3.05, 3.63) is 48.6 Å². The minimum absolute atomic E-state index is 0.268. The van der Waals surface area contributed by atoms with Crippen LogP contribution < -0.4 is 5.73 Å². The average Bonchev–Trinajstić information content (AvgIpc) is 2.49. The number of rotatable bonds is 0. The molecule has 2 N–H and O–H groups in total. The Morgan fingerprint density at radius 3 is 1.96 bits per heavy atom. The van der Waals surface area contributed by atoms with Crippen LogP contribution in [0.25, 0.3) is 0 Å². The van der Waals surface area contributed by atoms with Crippen LogP contribution >= 0.6 is 0 Å². The van der Waals surface area contributed by atoms with Crippen molar-refractivity contribution in [2.24, 2.45) is 5.73 Å². The number of carbonyl (C=O) groups is 2. The molecule has 0 atom stereocenters. The van der Waals surface area contributed by atoms with Gasteiger partial charge in [0.2, 0.25) is 5.91 Å². The molecule has 0 radical (unpaired) electrons. The van der Waals surface area contributed by atoms with Gasteiger partial charge < -0.3 is 15.4 Å². The van der Waals surface area contributed by atoms with Crippen LogP contribution in [0.3, 0.4) is 0 Å². The molecule has 134 valence electrons. The molecule has 1 aromatic carbocycles. The van der Waals surface area contributed by atoms with Crippen LogP contribution in [-0.4, -0.2) is 36.1 Å². The van der Waals surface area contributed by atoms with E-state index in [9.17, 15) is 9.59 Å². The monoisotopic (exact) mass is 334 g/mol. The number of amides is 2. The first-order valence-corrected chi connectivity index (χ1v) is 8.10. The van der Waals surface area contributed by atoms with Gasteiger partial charge in [0, 0.05) is 20.0 Å². The number of carbonyl (C=O) groups excluding carboxylic acids is 2. The number of primary amides is 1. The van der Waals surface area contributed by atoms with Crippen molar-refractivity contribution in [3.8, 4) is 0 Å². The zero-order valence-corrected chi connectivity index (χ0v) is 15.2. The van der Waals surface area contributed by atoms with Crippen LogP contribution in [0, 0.1) is 0 Å². The number of ether oxygens (including phenoxy) is 1. The molecule has 0 fully saturated rings. The third-order valence-corrected chi connectivity index (χ3v) is 2.81. The third-order valence-electron chi connectivity index (χ3n) is 2.81. The standard InChI is InChI=1S/C8H13NO.C6H6.C5H11NO2/c1-9-7-5-3-2-4-6-8(9)10;1-2-4-6-5-3-1;1-5(2,3)8-4(6)7/h3,5H,2,4,6-7H2,1H3;1-6H;1-3H3,(H2,6,7)/b5-3-;;. The minimum atomic E-state index is -0.725. The van der Waals surface area contributed by atoms with Crippen LogP contribution in [0.4, 0.5) is 4.79 Å². The molecular formula is C19H30N2O3. The van der Waals surface area contributed by atoms with Crippen LogP contribution in [0.15, 0.2) is 48.6 Å². The zero-order valence-electron chi connectivity index (χ0n) is 15.2. The van der Waals surface area contributed by atoms with E-state index in [4.69, 9.17) is 5.73 Å². The molecule has 1 aliphatic heterocycles. The number of hydrogen-bond donors (Lipinski definition) is 1. The summed E-state index contributed by atoms with van der Waals surface area (Å²) in [5.74, 6) is 0.268. The van der Waals surface area contributed by atoms with Gasteiger partial charge in [0.25, 0.3) is 0 Å². The predicted molar refractivity (Wildman–Crippen MR) is 97.5 cm³/mol. The lowest BCUT2D eigenvalue weighted by Crippen LogP contribution is -2.27. The van der Waals surface area contributed by atoms with Gasteiger partial charge in [0.1, 0.15) is 5.60 Å². The molecule has 1 aromatic rings. The fraction of sp³-hybridized carbons (Fsp3) is 0.474. The van der Waals surface area contributed by atoms with Crippen molar-refractivity contribution in [2.45, 2.75) is 45.6 Å². The molecule has 0 saturated heterocycles. The lowest BCUT2D eigenvalue weighted by Gasteiger charge is -2.16. The largest absolute Gasteiger partial charge is 0.444 e. The van der Waals surface area contributed by atoms with Gasteiger partial charge in [0.05, 0.1) is 0 Å². The number of hydrogen-bond acceptors (Lipinski definition) is 3. The Labute approximate surface area is 145 Å².